The van der Waals surface area contributed by atoms with E-state index >= 15 is 0 Å². The second-order valence-corrected chi connectivity index (χ2v) is 5.50. The number of nitrogens with two attached hydrogens (primary N) is 1. The topological polar surface area (TPSA) is 26.0 Å². The van der Waals surface area contributed by atoms with Gasteiger partial charge in [-0.05, 0) is 25.1 Å². The molecule has 2 rings (SSSR count). The number of rotatable bonds is 1. The summed E-state index contributed by atoms with van der Waals surface area (Å²) in [7, 11) is 0. The first-order chi connectivity index (χ1) is 8.41. The Hall–Kier alpha value is -0.600. The first kappa shape index (κ1) is 13.8. The monoisotopic (exact) mass is 319 g/mol. The first-order valence-corrected chi connectivity index (χ1v) is 6.62. The molecule has 0 fully saturated rings. The molecule has 2 aromatic rings. The minimum Gasteiger partial charge on any atom is -0.398 e. The summed E-state index contributed by atoms with van der Waals surface area (Å²) >= 11 is 24.3. The van der Waals surface area contributed by atoms with Crippen LogP contribution in [-0.4, -0.2) is 0 Å². The molecule has 0 aromatic heterocycles. The van der Waals surface area contributed by atoms with E-state index in [0.29, 0.717) is 26.3 Å². The number of hydrogen-bond donors (Lipinski definition) is 1. The Morgan fingerprint density at radius 3 is 2.22 bits per heavy atom. The Morgan fingerprint density at radius 2 is 1.56 bits per heavy atom. The third-order valence-electron chi connectivity index (χ3n) is 2.59. The lowest BCUT2D eigenvalue weighted by atomic mass is 10.0. The molecule has 0 spiro atoms. The van der Waals surface area contributed by atoms with Crippen molar-refractivity contribution in [2.24, 2.45) is 0 Å². The Bertz CT molecular complexity index is 623. The van der Waals surface area contributed by atoms with Crippen molar-refractivity contribution in [3.05, 3.63) is 49.9 Å². The molecule has 18 heavy (non-hydrogen) atoms. The molecule has 0 aliphatic heterocycles. The van der Waals surface area contributed by atoms with Crippen LogP contribution in [-0.2, 0) is 0 Å². The van der Waals surface area contributed by atoms with Crippen molar-refractivity contribution in [1.82, 2.24) is 0 Å². The lowest BCUT2D eigenvalue weighted by Gasteiger charge is -2.13. The summed E-state index contributed by atoms with van der Waals surface area (Å²) in [6.07, 6.45) is 0. The highest BCUT2D eigenvalue weighted by atomic mass is 35.5. The molecular weight excluding hydrogens is 312 g/mol. The highest BCUT2D eigenvalue weighted by molar-refractivity contribution is 6.51. The highest BCUT2D eigenvalue weighted by Gasteiger charge is 2.17. The fourth-order valence-corrected chi connectivity index (χ4v) is 2.82. The summed E-state index contributed by atoms with van der Waals surface area (Å²) in [6, 6.07) is 7.19. The minimum absolute atomic E-state index is 0.277. The van der Waals surface area contributed by atoms with E-state index in [1.807, 2.05) is 19.1 Å². The van der Waals surface area contributed by atoms with Crippen molar-refractivity contribution in [3.63, 3.8) is 0 Å². The van der Waals surface area contributed by atoms with Crippen LogP contribution in [0, 0.1) is 6.92 Å². The predicted octanol–water partition coefficient (Wildman–Crippen LogP) is 5.86. The highest BCUT2D eigenvalue weighted by Crippen LogP contribution is 2.44. The van der Waals surface area contributed by atoms with E-state index in [-0.39, 0.29) is 5.02 Å². The summed E-state index contributed by atoms with van der Waals surface area (Å²) in [6.45, 7) is 1.96. The van der Waals surface area contributed by atoms with Gasteiger partial charge in [-0.1, -0.05) is 58.0 Å². The number of aryl methyl sites for hydroxylation is 1. The van der Waals surface area contributed by atoms with Gasteiger partial charge in [0, 0.05) is 16.8 Å². The van der Waals surface area contributed by atoms with Crippen molar-refractivity contribution in [3.8, 4) is 11.1 Å². The van der Waals surface area contributed by atoms with Crippen molar-refractivity contribution in [2.75, 3.05) is 5.73 Å². The van der Waals surface area contributed by atoms with Crippen molar-refractivity contribution < 1.29 is 0 Å². The van der Waals surface area contributed by atoms with Crippen LogP contribution in [0.3, 0.4) is 0 Å². The molecule has 5 heteroatoms. The summed E-state index contributed by atoms with van der Waals surface area (Å²) in [4.78, 5) is 0. The van der Waals surface area contributed by atoms with E-state index in [2.05, 4.69) is 0 Å². The van der Waals surface area contributed by atoms with E-state index in [9.17, 15) is 0 Å². The SMILES string of the molecule is Cc1ccc(N)c(-c2c(Cl)cc(Cl)c(Cl)c2Cl)c1. The van der Waals surface area contributed by atoms with Crippen molar-refractivity contribution >= 4 is 52.1 Å². The van der Waals surface area contributed by atoms with Crippen molar-refractivity contribution in [1.29, 1.82) is 0 Å². The van der Waals surface area contributed by atoms with Gasteiger partial charge >= 0.3 is 0 Å². The zero-order valence-electron chi connectivity index (χ0n) is 9.40. The quantitative estimate of drug-likeness (QED) is 0.397. The van der Waals surface area contributed by atoms with Gasteiger partial charge in [0.05, 0.1) is 20.1 Å². The molecule has 0 saturated heterocycles. The molecule has 94 valence electrons. The molecule has 0 unspecified atom stereocenters. The lowest BCUT2D eigenvalue weighted by Crippen LogP contribution is -1.93. The molecule has 0 saturated carbocycles. The number of halogens is 4. The van der Waals surface area contributed by atoms with Gasteiger partial charge in [0.1, 0.15) is 0 Å². The van der Waals surface area contributed by atoms with Crippen LogP contribution in [0.1, 0.15) is 5.56 Å². The van der Waals surface area contributed by atoms with Gasteiger partial charge < -0.3 is 5.73 Å². The maximum Gasteiger partial charge on any atom is 0.0785 e. The van der Waals surface area contributed by atoms with Crippen molar-refractivity contribution in [2.45, 2.75) is 6.92 Å². The van der Waals surface area contributed by atoms with E-state index in [4.69, 9.17) is 52.1 Å². The predicted molar refractivity (Wildman–Crippen MR) is 81.1 cm³/mol. The molecule has 1 nitrogen and oxygen atoms in total. The fourth-order valence-electron chi connectivity index (χ4n) is 1.70. The van der Waals surface area contributed by atoms with Crippen LogP contribution >= 0.6 is 46.4 Å². The summed E-state index contributed by atoms with van der Waals surface area (Å²) < 4.78 is 0. The Balaban J connectivity index is 2.79. The maximum absolute atomic E-state index is 6.21. The van der Waals surface area contributed by atoms with E-state index < -0.39 is 0 Å². The molecule has 0 bridgehead atoms. The van der Waals surface area contributed by atoms with Crippen LogP contribution in [0.5, 0.6) is 0 Å². The zero-order chi connectivity index (χ0) is 13.4. The standard InChI is InChI=1S/C13H9Cl4N/c1-6-2-3-10(18)7(4-6)11-8(14)5-9(15)12(16)13(11)17/h2-5H,18H2,1H3. The smallest absolute Gasteiger partial charge is 0.0785 e. The summed E-state index contributed by atoms with van der Waals surface area (Å²) in [5.74, 6) is 0. The lowest BCUT2D eigenvalue weighted by molar-refractivity contribution is 1.47. The zero-order valence-corrected chi connectivity index (χ0v) is 12.4. The normalized spacial score (nSPS) is 10.7. The number of nitrogen functional groups attached to an aromatic ring is 1. The Labute approximate surface area is 125 Å². The first-order valence-electron chi connectivity index (χ1n) is 5.11. The van der Waals surface area contributed by atoms with E-state index in [0.717, 1.165) is 11.1 Å². The molecule has 2 aromatic carbocycles. The second kappa shape index (κ2) is 5.18. The molecule has 0 radical (unpaired) electrons. The largest absolute Gasteiger partial charge is 0.398 e. The molecule has 2 N–H and O–H groups in total. The Kier molecular flexibility index (Phi) is 3.98. The molecule has 0 aliphatic rings. The van der Waals surface area contributed by atoms with Gasteiger partial charge in [-0.2, -0.15) is 0 Å². The van der Waals surface area contributed by atoms with Gasteiger partial charge in [0.2, 0.25) is 0 Å². The van der Waals surface area contributed by atoms with Gasteiger partial charge in [0.15, 0.2) is 0 Å². The van der Waals surface area contributed by atoms with Crippen LogP contribution in [0.25, 0.3) is 11.1 Å². The molecule has 0 amide bonds. The number of anilines is 1. The van der Waals surface area contributed by atoms with Crippen LogP contribution in [0.15, 0.2) is 24.3 Å². The molecule has 0 heterocycles. The van der Waals surface area contributed by atoms with Gasteiger partial charge in [-0.15, -0.1) is 0 Å². The van der Waals surface area contributed by atoms with Gasteiger partial charge in [-0.25, -0.2) is 0 Å². The average Bonchev–Trinajstić information content (AvgIpc) is 2.31. The Morgan fingerprint density at radius 1 is 0.889 bits per heavy atom. The third kappa shape index (κ3) is 2.41. The summed E-state index contributed by atoms with van der Waals surface area (Å²) in [5, 5.41) is 1.33. The van der Waals surface area contributed by atoms with Crippen LogP contribution in [0.4, 0.5) is 5.69 Å². The molecular formula is C13H9Cl4N. The average molecular weight is 321 g/mol. The molecule has 0 atom stereocenters. The van der Waals surface area contributed by atoms with Crippen LogP contribution < -0.4 is 5.73 Å². The summed E-state index contributed by atoms with van der Waals surface area (Å²) in [5.41, 5.74) is 8.95. The van der Waals surface area contributed by atoms with E-state index in [1.165, 1.54) is 0 Å². The van der Waals surface area contributed by atoms with E-state index in [1.54, 1.807) is 12.1 Å². The second-order valence-electron chi connectivity index (χ2n) is 3.93. The van der Waals surface area contributed by atoms with Crippen LogP contribution in [0.2, 0.25) is 20.1 Å². The minimum atomic E-state index is 0.277. The maximum atomic E-state index is 6.21. The number of hydrogen-bond acceptors (Lipinski definition) is 1. The third-order valence-corrected chi connectivity index (χ3v) is 4.15. The molecule has 0 aliphatic carbocycles. The fraction of sp³-hybridized carbons (Fsp3) is 0.0769. The van der Waals surface area contributed by atoms with Gasteiger partial charge in [-0.3, -0.25) is 0 Å². The number of benzene rings is 2. The van der Waals surface area contributed by atoms with Gasteiger partial charge in [0.25, 0.3) is 0 Å².